The van der Waals surface area contributed by atoms with E-state index in [9.17, 15) is 4.91 Å². The number of rotatable bonds is 13. The first-order valence-corrected chi connectivity index (χ1v) is 9.66. The molecule has 0 aromatic heterocycles. The average Bonchev–Trinajstić information content (AvgIpc) is 2.52. The van der Waals surface area contributed by atoms with Crippen molar-refractivity contribution in [3.63, 3.8) is 0 Å². The molecule has 0 radical (unpaired) electrons. The Morgan fingerprint density at radius 1 is 0.810 bits per heavy atom. The summed E-state index contributed by atoms with van der Waals surface area (Å²) in [6, 6.07) is 0. The molecule has 0 aliphatic heterocycles. The summed E-state index contributed by atoms with van der Waals surface area (Å²) in [5.74, 6) is 1.74. The van der Waals surface area contributed by atoms with E-state index in [2.05, 4.69) is 12.1 Å². The van der Waals surface area contributed by atoms with Crippen molar-refractivity contribution in [3.8, 4) is 0 Å². The molecule has 1 rings (SSSR count). The van der Waals surface area contributed by atoms with E-state index in [4.69, 9.17) is 0 Å². The van der Waals surface area contributed by atoms with Gasteiger partial charge < -0.3 is 0 Å². The third-order valence-electron chi connectivity index (χ3n) is 5.24. The van der Waals surface area contributed by atoms with Crippen molar-refractivity contribution in [2.45, 2.75) is 103 Å². The molecule has 0 aromatic rings. The predicted octanol–water partition coefficient (Wildman–Crippen LogP) is 6.87. The minimum absolute atomic E-state index is 0.537. The van der Waals surface area contributed by atoms with Crippen molar-refractivity contribution in [3.05, 3.63) is 4.91 Å². The summed E-state index contributed by atoms with van der Waals surface area (Å²) in [6.07, 6.45) is 20.8. The first kappa shape index (κ1) is 18.6. The van der Waals surface area contributed by atoms with Gasteiger partial charge in [-0.15, -0.1) is 0 Å². The summed E-state index contributed by atoms with van der Waals surface area (Å²) in [5, 5.41) is 3.03. The van der Waals surface area contributed by atoms with Crippen molar-refractivity contribution in [2.24, 2.45) is 17.0 Å². The second-order valence-corrected chi connectivity index (χ2v) is 7.16. The largest absolute Gasteiger partial charge is 0.151 e. The molecule has 1 aliphatic carbocycles. The van der Waals surface area contributed by atoms with Gasteiger partial charge in [-0.05, 0) is 24.7 Å². The summed E-state index contributed by atoms with van der Waals surface area (Å²) in [4.78, 5) is 10.2. The molecule has 2 heteroatoms. The van der Waals surface area contributed by atoms with Crippen molar-refractivity contribution >= 4 is 0 Å². The molecule has 0 bridgehead atoms. The van der Waals surface area contributed by atoms with Crippen molar-refractivity contribution < 1.29 is 0 Å². The number of nitrogens with zero attached hydrogens (tertiary/aromatic N) is 1. The van der Waals surface area contributed by atoms with Crippen LogP contribution in [0.25, 0.3) is 0 Å². The second-order valence-electron chi connectivity index (χ2n) is 7.16. The molecule has 1 aliphatic rings. The van der Waals surface area contributed by atoms with Gasteiger partial charge >= 0.3 is 0 Å². The lowest BCUT2D eigenvalue weighted by Gasteiger charge is -2.28. The quantitative estimate of drug-likeness (QED) is 0.269. The topological polar surface area (TPSA) is 29.4 Å². The summed E-state index contributed by atoms with van der Waals surface area (Å²) in [6.45, 7) is 2.82. The van der Waals surface area contributed by atoms with Gasteiger partial charge in [-0.25, -0.2) is 0 Å². The predicted molar refractivity (Wildman–Crippen MR) is 92.6 cm³/mol. The van der Waals surface area contributed by atoms with Crippen LogP contribution in [0.3, 0.4) is 0 Å². The number of hydrogen-bond donors (Lipinski definition) is 0. The van der Waals surface area contributed by atoms with Crippen LogP contribution in [0.1, 0.15) is 103 Å². The van der Waals surface area contributed by atoms with Crippen LogP contribution >= 0.6 is 0 Å². The van der Waals surface area contributed by atoms with Crippen LogP contribution in [-0.2, 0) is 0 Å². The highest BCUT2D eigenvalue weighted by atomic mass is 16.3. The lowest BCUT2D eigenvalue weighted by molar-refractivity contribution is 0.241. The highest BCUT2D eigenvalue weighted by Crippen LogP contribution is 2.34. The normalized spacial score (nSPS) is 22.3. The zero-order valence-corrected chi connectivity index (χ0v) is 14.3. The SMILES string of the molecule is CCCCCCCCCCCC1CCCC(CCN=O)C1. The van der Waals surface area contributed by atoms with Crippen molar-refractivity contribution in [1.29, 1.82) is 0 Å². The number of nitroso groups, excluding NO2 is 1. The van der Waals surface area contributed by atoms with Crippen LogP contribution in [0, 0.1) is 16.7 Å². The summed E-state index contributed by atoms with van der Waals surface area (Å²) in [5.41, 5.74) is 0. The fraction of sp³-hybridized carbons (Fsp3) is 1.00. The molecular formula is C19H37NO. The van der Waals surface area contributed by atoms with E-state index in [1.807, 2.05) is 0 Å². The number of hydrogen-bond acceptors (Lipinski definition) is 2. The Kier molecular flexibility index (Phi) is 11.8. The van der Waals surface area contributed by atoms with E-state index in [-0.39, 0.29) is 0 Å². The first-order chi connectivity index (χ1) is 10.4. The van der Waals surface area contributed by atoms with E-state index < -0.39 is 0 Å². The van der Waals surface area contributed by atoms with E-state index in [0.29, 0.717) is 6.54 Å². The zero-order chi connectivity index (χ0) is 15.2. The third kappa shape index (κ3) is 10.0. The summed E-state index contributed by atoms with van der Waals surface area (Å²) in [7, 11) is 0. The fourth-order valence-corrected chi connectivity index (χ4v) is 3.91. The molecule has 0 N–H and O–H groups in total. The molecule has 1 saturated carbocycles. The van der Waals surface area contributed by atoms with Gasteiger partial charge in [0.05, 0.1) is 6.54 Å². The standard InChI is InChI=1S/C19H37NO/c1-2-3-4-5-6-7-8-9-10-12-18-13-11-14-19(17-18)15-16-20-21/h18-19H,2-17H2,1H3. The third-order valence-corrected chi connectivity index (χ3v) is 5.24. The lowest BCUT2D eigenvalue weighted by Crippen LogP contribution is -2.16. The van der Waals surface area contributed by atoms with Gasteiger partial charge in [-0.1, -0.05) is 95.6 Å². The molecule has 2 atom stereocenters. The van der Waals surface area contributed by atoms with E-state index in [0.717, 1.165) is 18.3 Å². The molecule has 2 nitrogen and oxygen atoms in total. The Hall–Kier alpha value is -0.400. The Morgan fingerprint density at radius 3 is 2.00 bits per heavy atom. The Morgan fingerprint density at radius 2 is 1.38 bits per heavy atom. The Labute approximate surface area is 132 Å². The maximum atomic E-state index is 10.2. The highest BCUT2D eigenvalue weighted by Gasteiger charge is 2.21. The highest BCUT2D eigenvalue weighted by molar-refractivity contribution is 4.74. The summed E-state index contributed by atoms with van der Waals surface area (Å²) < 4.78 is 0. The molecule has 0 saturated heterocycles. The molecule has 2 unspecified atom stereocenters. The Bertz CT molecular complexity index is 242. The van der Waals surface area contributed by atoms with Gasteiger partial charge in [-0.2, -0.15) is 4.91 Å². The van der Waals surface area contributed by atoms with Gasteiger partial charge in [0.1, 0.15) is 0 Å². The zero-order valence-electron chi connectivity index (χ0n) is 14.3. The minimum atomic E-state index is 0.537. The fourth-order valence-electron chi connectivity index (χ4n) is 3.91. The maximum absolute atomic E-state index is 10.2. The van der Waals surface area contributed by atoms with E-state index in [1.165, 1.54) is 89.9 Å². The maximum Gasteiger partial charge on any atom is 0.0813 e. The van der Waals surface area contributed by atoms with Gasteiger partial charge in [0.2, 0.25) is 0 Å². The lowest BCUT2D eigenvalue weighted by atomic mass is 9.78. The molecule has 0 aromatic carbocycles. The first-order valence-electron chi connectivity index (χ1n) is 9.66. The summed E-state index contributed by atoms with van der Waals surface area (Å²) >= 11 is 0. The van der Waals surface area contributed by atoms with Gasteiger partial charge in [0.25, 0.3) is 0 Å². The van der Waals surface area contributed by atoms with Crippen LogP contribution in [0.4, 0.5) is 0 Å². The number of unbranched alkanes of at least 4 members (excludes halogenated alkanes) is 8. The van der Waals surface area contributed by atoms with Crippen LogP contribution in [0.15, 0.2) is 5.18 Å². The van der Waals surface area contributed by atoms with Gasteiger partial charge in [0, 0.05) is 0 Å². The van der Waals surface area contributed by atoms with Crippen LogP contribution in [0.5, 0.6) is 0 Å². The van der Waals surface area contributed by atoms with Gasteiger partial charge in [0.15, 0.2) is 0 Å². The monoisotopic (exact) mass is 295 g/mol. The molecule has 21 heavy (non-hydrogen) atoms. The molecule has 0 amide bonds. The average molecular weight is 296 g/mol. The van der Waals surface area contributed by atoms with Crippen LogP contribution < -0.4 is 0 Å². The van der Waals surface area contributed by atoms with Crippen molar-refractivity contribution in [1.82, 2.24) is 0 Å². The molecule has 1 fully saturated rings. The van der Waals surface area contributed by atoms with Crippen LogP contribution in [0.2, 0.25) is 0 Å². The molecule has 124 valence electrons. The minimum Gasteiger partial charge on any atom is -0.151 e. The van der Waals surface area contributed by atoms with E-state index >= 15 is 0 Å². The van der Waals surface area contributed by atoms with Crippen LogP contribution in [-0.4, -0.2) is 6.54 Å². The van der Waals surface area contributed by atoms with Gasteiger partial charge in [-0.3, -0.25) is 0 Å². The van der Waals surface area contributed by atoms with Crippen molar-refractivity contribution in [2.75, 3.05) is 6.54 Å². The second kappa shape index (κ2) is 13.3. The molecule has 0 spiro atoms. The van der Waals surface area contributed by atoms with E-state index in [1.54, 1.807) is 0 Å². The smallest absolute Gasteiger partial charge is 0.0813 e. The molecule has 0 heterocycles. The molecular weight excluding hydrogens is 258 g/mol. The Balaban J connectivity index is 1.91.